The van der Waals surface area contributed by atoms with E-state index in [2.05, 4.69) is 26.9 Å². The molecule has 0 radical (unpaired) electrons. The number of sulfonamides is 1. The second-order valence-electron chi connectivity index (χ2n) is 5.20. The molecule has 1 aliphatic rings. The van der Waals surface area contributed by atoms with E-state index in [0.29, 0.717) is 11.4 Å². The lowest BCUT2D eigenvalue weighted by Gasteiger charge is -2.26. The lowest BCUT2D eigenvalue weighted by molar-refractivity contribution is 0.551. The van der Waals surface area contributed by atoms with Crippen molar-refractivity contribution in [2.24, 2.45) is 0 Å². The van der Waals surface area contributed by atoms with Crippen LogP contribution < -0.4 is 4.72 Å². The first kappa shape index (κ1) is 16.3. The molecule has 0 saturated heterocycles. The Balaban J connectivity index is 2.06. The number of hydrogen-bond acceptors (Lipinski definition) is 3. The fourth-order valence-electron chi connectivity index (χ4n) is 2.54. The van der Waals surface area contributed by atoms with Crippen LogP contribution in [0.4, 0.5) is 0 Å². The van der Waals surface area contributed by atoms with Gasteiger partial charge in [-0.2, -0.15) is 11.8 Å². The largest absolute Gasteiger partial charge is 0.240 e. The van der Waals surface area contributed by atoms with Crippen LogP contribution in [0.2, 0.25) is 0 Å². The molecule has 0 bridgehead atoms. The van der Waals surface area contributed by atoms with Gasteiger partial charge in [0.25, 0.3) is 0 Å². The van der Waals surface area contributed by atoms with Crippen molar-refractivity contribution in [2.45, 2.75) is 40.7 Å². The van der Waals surface area contributed by atoms with Crippen LogP contribution in [0.15, 0.2) is 29.2 Å². The lowest BCUT2D eigenvalue weighted by atomic mass is 10.1. The quantitative estimate of drug-likeness (QED) is 0.771. The van der Waals surface area contributed by atoms with Gasteiger partial charge in [0.05, 0.1) is 4.90 Å². The summed E-state index contributed by atoms with van der Waals surface area (Å²) in [5.74, 6) is 0. The van der Waals surface area contributed by atoms with E-state index < -0.39 is 10.0 Å². The van der Waals surface area contributed by atoms with Gasteiger partial charge in [-0.1, -0.05) is 40.9 Å². The van der Waals surface area contributed by atoms with Crippen LogP contribution in [0.25, 0.3) is 0 Å². The van der Waals surface area contributed by atoms with Crippen LogP contribution in [0.3, 0.4) is 0 Å². The van der Waals surface area contributed by atoms with E-state index >= 15 is 0 Å². The fourth-order valence-corrected chi connectivity index (χ4v) is 5.05. The first-order valence-electron chi connectivity index (χ1n) is 6.71. The Morgan fingerprint density at radius 3 is 2.35 bits per heavy atom. The normalized spacial score (nSPS) is 18.3. The average Bonchev–Trinajstić information content (AvgIpc) is 2.95. The second kappa shape index (κ2) is 6.81. The Morgan fingerprint density at radius 1 is 1.25 bits per heavy atom. The topological polar surface area (TPSA) is 46.2 Å². The minimum atomic E-state index is -3.40. The standard InChI is InChI=1S/C14H20BrNO2S2/c1-19-14(8-2-3-9-14)11-16-20(17,18)13-6-4-12(10-15)5-7-13/h4-7,16H,2-3,8-11H2,1H3. The van der Waals surface area contributed by atoms with E-state index in [-0.39, 0.29) is 4.75 Å². The molecular weight excluding hydrogens is 358 g/mol. The van der Waals surface area contributed by atoms with Crippen LogP contribution in [0.5, 0.6) is 0 Å². The summed E-state index contributed by atoms with van der Waals surface area (Å²) in [4.78, 5) is 0.344. The monoisotopic (exact) mass is 377 g/mol. The Hall–Kier alpha value is -0.0400. The molecule has 1 fully saturated rings. The Kier molecular flexibility index (Phi) is 5.56. The molecule has 0 heterocycles. The molecule has 1 aliphatic carbocycles. The predicted octanol–water partition coefficient (Wildman–Crippen LogP) is 3.54. The highest BCUT2D eigenvalue weighted by atomic mass is 79.9. The SMILES string of the molecule is CSC1(CNS(=O)(=O)c2ccc(CBr)cc2)CCCC1. The van der Waals surface area contributed by atoms with Crippen molar-refractivity contribution in [1.82, 2.24) is 4.72 Å². The third kappa shape index (κ3) is 3.78. The zero-order valence-electron chi connectivity index (χ0n) is 11.6. The molecule has 1 saturated carbocycles. The molecule has 20 heavy (non-hydrogen) atoms. The number of thioether (sulfide) groups is 1. The molecule has 0 spiro atoms. The van der Waals surface area contributed by atoms with Crippen molar-refractivity contribution in [1.29, 1.82) is 0 Å². The maximum Gasteiger partial charge on any atom is 0.240 e. The van der Waals surface area contributed by atoms with Gasteiger partial charge in [-0.3, -0.25) is 0 Å². The number of benzene rings is 1. The number of nitrogens with one attached hydrogen (secondary N) is 1. The highest BCUT2D eigenvalue weighted by Crippen LogP contribution is 2.39. The van der Waals surface area contributed by atoms with E-state index in [1.54, 1.807) is 23.9 Å². The van der Waals surface area contributed by atoms with E-state index in [9.17, 15) is 8.42 Å². The number of hydrogen-bond donors (Lipinski definition) is 1. The zero-order valence-corrected chi connectivity index (χ0v) is 14.8. The van der Waals surface area contributed by atoms with E-state index in [0.717, 1.165) is 23.7 Å². The first-order chi connectivity index (χ1) is 9.51. The molecule has 0 unspecified atom stereocenters. The van der Waals surface area contributed by atoms with Crippen molar-refractivity contribution < 1.29 is 8.42 Å². The summed E-state index contributed by atoms with van der Waals surface area (Å²) in [5.41, 5.74) is 1.07. The Morgan fingerprint density at radius 2 is 1.85 bits per heavy atom. The summed E-state index contributed by atoms with van der Waals surface area (Å²) >= 11 is 5.15. The molecule has 2 rings (SSSR count). The summed E-state index contributed by atoms with van der Waals surface area (Å²) in [5, 5.41) is 0.732. The van der Waals surface area contributed by atoms with Gasteiger partial charge in [0, 0.05) is 16.6 Å². The summed E-state index contributed by atoms with van der Waals surface area (Å²) in [6.45, 7) is 0.524. The minimum absolute atomic E-state index is 0.0862. The molecular formula is C14H20BrNO2S2. The highest BCUT2D eigenvalue weighted by Gasteiger charge is 2.34. The molecule has 1 N–H and O–H groups in total. The van der Waals surface area contributed by atoms with Crippen molar-refractivity contribution >= 4 is 37.7 Å². The minimum Gasteiger partial charge on any atom is -0.210 e. The van der Waals surface area contributed by atoms with E-state index in [1.165, 1.54) is 12.8 Å². The summed E-state index contributed by atoms with van der Waals surface area (Å²) in [6.07, 6.45) is 6.66. The Labute approximate surface area is 134 Å². The molecule has 0 atom stereocenters. The fraction of sp³-hybridized carbons (Fsp3) is 0.571. The van der Waals surface area contributed by atoms with Crippen molar-refractivity contribution in [3.8, 4) is 0 Å². The maximum absolute atomic E-state index is 12.3. The van der Waals surface area contributed by atoms with Gasteiger partial charge in [-0.25, -0.2) is 13.1 Å². The maximum atomic E-state index is 12.3. The molecule has 0 amide bonds. The van der Waals surface area contributed by atoms with Crippen molar-refractivity contribution in [2.75, 3.05) is 12.8 Å². The Bertz CT molecular complexity index is 537. The van der Waals surface area contributed by atoms with Gasteiger partial charge < -0.3 is 0 Å². The smallest absolute Gasteiger partial charge is 0.210 e. The lowest BCUT2D eigenvalue weighted by Crippen LogP contribution is -2.38. The second-order valence-corrected chi connectivity index (χ2v) is 8.80. The number of rotatable bonds is 6. The van der Waals surface area contributed by atoms with Gasteiger partial charge in [-0.15, -0.1) is 0 Å². The number of halogens is 1. The van der Waals surface area contributed by atoms with Crippen LogP contribution in [-0.2, 0) is 15.4 Å². The van der Waals surface area contributed by atoms with E-state index in [1.807, 2.05) is 12.1 Å². The molecule has 0 aliphatic heterocycles. The van der Waals surface area contributed by atoms with Crippen LogP contribution in [0, 0.1) is 0 Å². The summed E-state index contributed by atoms with van der Waals surface area (Å²) in [7, 11) is -3.40. The molecule has 3 nitrogen and oxygen atoms in total. The first-order valence-corrected chi connectivity index (χ1v) is 10.5. The molecule has 112 valence electrons. The number of alkyl halides is 1. The third-order valence-corrected chi connectivity index (χ3v) is 7.40. The van der Waals surface area contributed by atoms with Gasteiger partial charge in [0.1, 0.15) is 0 Å². The third-order valence-electron chi connectivity index (χ3n) is 3.92. The molecule has 6 heteroatoms. The van der Waals surface area contributed by atoms with Crippen LogP contribution >= 0.6 is 27.7 Å². The van der Waals surface area contributed by atoms with Gasteiger partial charge in [0.15, 0.2) is 0 Å². The highest BCUT2D eigenvalue weighted by molar-refractivity contribution is 9.08. The average molecular weight is 378 g/mol. The van der Waals surface area contributed by atoms with Gasteiger partial charge >= 0.3 is 0 Å². The van der Waals surface area contributed by atoms with Crippen LogP contribution in [0.1, 0.15) is 31.2 Å². The van der Waals surface area contributed by atoms with Crippen LogP contribution in [-0.4, -0.2) is 26.0 Å². The van der Waals surface area contributed by atoms with Crippen molar-refractivity contribution in [3.63, 3.8) is 0 Å². The van der Waals surface area contributed by atoms with Gasteiger partial charge in [-0.05, 0) is 36.8 Å². The van der Waals surface area contributed by atoms with Crippen molar-refractivity contribution in [3.05, 3.63) is 29.8 Å². The molecule has 1 aromatic rings. The molecule has 0 aromatic heterocycles. The summed E-state index contributed by atoms with van der Waals surface area (Å²) in [6, 6.07) is 7.01. The van der Waals surface area contributed by atoms with Gasteiger partial charge in [0.2, 0.25) is 10.0 Å². The predicted molar refractivity (Wildman–Crippen MR) is 89.0 cm³/mol. The van der Waals surface area contributed by atoms with E-state index in [4.69, 9.17) is 0 Å². The molecule has 1 aromatic carbocycles. The summed E-state index contributed by atoms with van der Waals surface area (Å²) < 4.78 is 27.5. The zero-order chi connectivity index (χ0) is 14.6.